The number of anilines is 1. The number of aryl methyl sites for hydroxylation is 1. The van der Waals surface area contributed by atoms with Crippen molar-refractivity contribution in [2.75, 3.05) is 11.9 Å². The molecule has 4 nitrogen and oxygen atoms in total. The number of hydrogen-bond acceptors (Lipinski definition) is 3. The van der Waals surface area contributed by atoms with E-state index in [0.717, 1.165) is 16.8 Å². The molecule has 1 amide bonds. The molecule has 0 heterocycles. The summed E-state index contributed by atoms with van der Waals surface area (Å²) in [7, 11) is -3.08. The Morgan fingerprint density at radius 1 is 0.867 bits per heavy atom. The van der Waals surface area contributed by atoms with E-state index < -0.39 is 16.1 Å². The van der Waals surface area contributed by atoms with Crippen LogP contribution >= 0.6 is 0 Å². The van der Waals surface area contributed by atoms with Gasteiger partial charge in [-0.1, -0.05) is 80.0 Å². The molecular weight excluding hydrogens is 406 g/mol. The van der Waals surface area contributed by atoms with Gasteiger partial charge in [-0.15, -0.1) is 0 Å². The highest BCUT2D eigenvalue weighted by Gasteiger charge is 2.24. The Labute approximate surface area is 183 Å². The molecule has 6 heteroatoms. The van der Waals surface area contributed by atoms with Crippen molar-refractivity contribution in [1.29, 1.82) is 0 Å². The average Bonchev–Trinajstić information content (AvgIpc) is 2.66. The summed E-state index contributed by atoms with van der Waals surface area (Å²) in [5.74, 6) is -0.260. The first-order chi connectivity index (χ1) is 13.9. The molecule has 0 aliphatic rings. The van der Waals surface area contributed by atoms with E-state index in [1.807, 2.05) is 24.3 Å². The zero-order valence-electron chi connectivity index (χ0n) is 19.4. The van der Waals surface area contributed by atoms with E-state index in [4.69, 9.17) is 4.74 Å². The highest BCUT2D eigenvalue weighted by molar-refractivity contribution is 6.91. The van der Waals surface area contributed by atoms with Crippen LogP contribution < -0.4 is 15.7 Å². The van der Waals surface area contributed by atoms with E-state index in [9.17, 15) is 9.59 Å². The smallest absolute Gasteiger partial charge is 0.306 e. The summed E-state index contributed by atoms with van der Waals surface area (Å²) in [5, 5.41) is 5.67. The van der Waals surface area contributed by atoms with Gasteiger partial charge in [0.15, 0.2) is 0 Å². The van der Waals surface area contributed by atoms with Crippen molar-refractivity contribution in [3.05, 3.63) is 53.6 Å². The SMILES string of the molecule is CCOC(=O)CCc1ccc(NC(=O)c2cc([Si](C)(C)C)cc([Si](C)(C)C)c2)cc1. The zero-order chi connectivity index (χ0) is 22.5. The lowest BCUT2D eigenvalue weighted by molar-refractivity contribution is -0.143. The van der Waals surface area contributed by atoms with Crippen LogP contribution in [0.1, 0.15) is 29.3 Å². The maximum absolute atomic E-state index is 13.0. The number of rotatable bonds is 8. The lowest BCUT2D eigenvalue weighted by atomic mass is 10.1. The highest BCUT2D eigenvalue weighted by Crippen LogP contribution is 2.14. The van der Waals surface area contributed by atoms with Crippen molar-refractivity contribution in [1.82, 2.24) is 0 Å². The van der Waals surface area contributed by atoms with Crippen molar-refractivity contribution in [2.24, 2.45) is 0 Å². The van der Waals surface area contributed by atoms with Gasteiger partial charge in [-0.05, 0) is 31.0 Å². The van der Waals surface area contributed by atoms with Crippen LogP contribution in [0.2, 0.25) is 39.3 Å². The van der Waals surface area contributed by atoms with E-state index in [1.165, 1.54) is 10.4 Å². The van der Waals surface area contributed by atoms with Gasteiger partial charge in [0, 0.05) is 17.7 Å². The predicted octanol–water partition coefficient (Wildman–Crippen LogP) is 4.53. The predicted molar refractivity (Wildman–Crippen MR) is 132 cm³/mol. The Balaban J connectivity index is 2.16. The van der Waals surface area contributed by atoms with Gasteiger partial charge in [0.05, 0.1) is 22.8 Å². The molecule has 162 valence electrons. The number of ether oxygens (including phenoxy) is 1. The molecule has 0 atom stereocenters. The molecule has 1 N–H and O–H groups in total. The summed E-state index contributed by atoms with van der Waals surface area (Å²) >= 11 is 0. The minimum absolute atomic E-state index is 0.0751. The minimum atomic E-state index is -1.54. The average molecular weight is 442 g/mol. The molecule has 30 heavy (non-hydrogen) atoms. The third kappa shape index (κ3) is 6.95. The van der Waals surface area contributed by atoms with Crippen molar-refractivity contribution < 1.29 is 14.3 Å². The van der Waals surface area contributed by atoms with Crippen LogP contribution in [0.4, 0.5) is 5.69 Å². The first kappa shape index (κ1) is 24.1. The Kier molecular flexibility index (Phi) is 7.83. The van der Waals surface area contributed by atoms with Gasteiger partial charge < -0.3 is 10.1 Å². The molecule has 2 rings (SSSR count). The normalized spacial score (nSPS) is 11.8. The number of carbonyl (C=O) groups is 2. The first-order valence-corrected chi connectivity index (χ1v) is 17.6. The molecule has 0 aliphatic carbocycles. The van der Waals surface area contributed by atoms with Crippen molar-refractivity contribution in [3.63, 3.8) is 0 Å². The molecule has 0 aromatic heterocycles. The van der Waals surface area contributed by atoms with E-state index >= 15 is 0 Å². The summed E-state index contributed by atoms with van der Waals surface area (Å²) in [5.41, 5.74) is 2.54. The fraction of sp³-hybridized carbons (Fsp3) is 0.417. The molecule has 0 saturated carbocycles. The van der Waals surface area contributed by atoms with Crippen LogP contribution in [-0.2, 0) is 16.0 Å². The maximum atomic E-state index is 13.0. The fourth-order valence-electron chi connectivity index (χ4n) is 3.06. The largest absolute Gasteiger partial charge is 0.466 e. The maximum Gasteiger partial charge on any atom is 0.306 e. The van der Waals surface area contributed by atoms with Crippen molar-refractivity contribution >= 4 is 44.1 Å². The molecule has 0 bridgehead atoms. The second-order valence-electron chi connectivity index (χ2n) is 9.76. The van der Waals surface area contributed by atoms with Crippen LogP contribution in [0.3, 0.4) is 0 Å². The van der Waals surface area contributed by atoms with Crippen LogP contribution in [0.5, 0.6) is 0 Å². The Morgan fingerprint density at radius 2 is 1.40 bits per heavy atom. The van der Waals surface area contributed by atoms with Crippen LogP contribution in [-0.4, -0.2) is 34.6 Å². The number of carbonyl (C=O) groups excluding carboxylic acids is 2. The second kappa shape index (κ2) is 9.75. The topological polar surface area (TPSA) is 55.4 Å². The van der Waals surface area contributed by atoms with Gasteiger partial charge in [0.25, 0.3) is 5.91 Å². The number of esters is 1. The Hall–Kier alpha value is -2.19. The lowest BCUT2D eigenvalue weighted by Crippen LogP contribution is -2.46. The van der Waals surface area contributed by atoms with Gasteiger partial charge in [0.2, 0.25) is 0 Å². The van der Waals surface area contributed by atoms with Crippen LogP contribution in [0.15, 0.2) is 42.5 Å². The number of nitrogens with one attached hydrogen (secondary N) is 1. The monoisotopic (exact) mass is 441 g/mol. The molecule has 0 saturated heterocycles. The number of hydrogen-bond donors (Lipinski definition) is 1. The van der Waals surface area contributed by atoms with E-state index in [0.29, 0.717) is 19.4 Å². The first-order valence-electron chi connectivity index (χ1n) is 10.6. The third-order valence-electron chi connectivity index (χ3n) is 5.06. The molecule has 2 aromatic rings. The standard InChI is InChI=1S/C24H35NO3Si2/c1-8-28-23(26)14-11-18-9-12-20(13-10-18)25-24(27)19-15-21(29(2,3)4)17-22(16-19)30(5,6)7/h9-10,12-13,15-17H,8,11,14H2,1-7H3,(H,25,27). The molecule has 2 aromatic carbocycles. The molecule has 0 aliphatic heterocycles. The summed E-state index contributed by atoms with van der Waals surface area (Å²) in [6.07, 6.45) is 0.993. The number of benzene rings is 2. The second-order valence-corrected chi connectivity index (χ2v) is 19.9. The fourth-order valence-corrected chi connectivity index (χ4v) is 5.56. The van der Waals surface area contributed by atoms with E-state index in [2.05, 4.69) is 62.8 Å². The molecule has 0 spiro atoms. The quantitative estimate of drug-likeness (QED) is 0.484. The summed E-state index contributed by atoms with van der Waals surface area (Å²) in [4.78, 5) is 24.5. The van der Waals surface area contributed by atoms with E-state index in [1.54, 1.807) is 6.92 Å². The molecular formula is C24H35NO3Si2. The Bertz CT molecular complexity index is 862. The van der Waals surface area contributed by atoms with Crippen LogP contribution in [0, 0.1) is 0 Å². The van der Waals surface area contributed by atoms with Crippen molar-refractivity contribution in [3.8, 4) is 0 Å². The highest BCUT2D eigenvalue weighted by atomic mass is 28.3. The zero-order valence-corrected chi connectivity index (χ0v) is 21.4. The lowest BCUT2D eigenvalue weighted by Gasteiger charge is -2.24. The molecule has 0 radical (unpaired) electrons. The van der Waals surface area contributed by atoms with Gasteiger partial charge in [-0.25, -0.2) is 0 Å². The summed E-state index contributed by atoms with van der Waals surface area (Å²) < 4.78 is 4.97. The van der Waals surface area contributed by atoms with E-state index in [-0.39, 0.29) is 11.9 Å². The molecule has 0 unspecified atom stereocenters. The Morgan fingerprint density at radius 3 is 1.87 bits per heavy atom. The van der Waals surface area contributed by atoms with Crippen molar-refractivity contribution in [2.45, 2.75) is 59.0 Å². The number of amides is 1. The third-order valence-corrected chi connectivity index (χ3v) is 9.10. The summed E-state index contributed by atoms with van der Waals surface area (Å²) in [6.45, 7) is 16.1. The van der Waals surface area contributed by atoms with Gasteiger partial charge in [-0.2, -0.15) is 0 Å². The van der Waals surface area contributed by atoms with Crippen LogP contribution in [0.25, 0.3) is 0 Å². The minimum Gasteiger partial charge on any atom is -0.466 e. The van der Waals surface area contributed by atoms with Gasteiger partial charge in [0.1, 0.15) is 0 Å². The van der Waals surface area contributed by atoms with Gasteiger partial charge >= 0.3 is 5.97 Å². The molecule has 0 fully saturated rings. The van der Waals surface area contributed by atoms with Gasteiger partial charge in [-0.3, -0.25) is 9.59 Å². The summed E-state index contributed by atoms with van der Waals surface area (Å²) in [6, 6.07) is 14.1.